The first-order valence-electron chi connectivity index (χ1n) is 6.21. The van der Waals surface area contributed by atoms with Crippen LogP contribution in [0.1, 0.15) is 44.2 Å². The molecule has 0 fully saturated rings. The Morgan fingerprint density at radius 1 is 1.40 bits per heavy atom. The summed E-state index contributed by atoms with van der Waals surface area (Å²) >= 11 is 0. The summed E-state index contributed by atoms with van der Waals surface area (Å²) in [5.41, 5.74) is 5.06. The van der Waals surface area contributed by atoms with Crippen molar-refractivity contribution in [3.8, 4) is 0 Å². The molecule has 1 unspecified atom stereocenters. The summed E-state index contributed by atoms with van der Waals surface area (Å²) in [6, 6.07) is -0.940. The zero-order chi connectivity index (χ0) is 15.3. The lowest BCUT2D eigenvalue weighted by Crippen LogP contribution is -2.38. The zero-order valence-corrected chi connectivity index (χ0v) is 12.0. The minimum Gasteiger partial charge on any atom is -0.460 e. The first-order valence-corrected chi connectivity index (χ1v) is 6.21. The van der Waals surface area contributed by atoms with Gasteiger partial charge in [0.2, 0.25) is 5.89 Å². The summed E-state index contributed by atoms with van der Waals surface area (Å²) in [5, 5.41) is 3.45. The molecule has 0 bridgehead atoms. The van der Waals surface area contributed by atoms with Crippen molar-refractivity contribution in [2.24, 2.45) is 5.73 Å². The van der Waals surface area contributed by atoms with Crippen LogP contribution < -0.4 is 5.73 Å². The Balaban J connectivity index is 2.60. The molecule has 1 rings (SSSR count). The Labute approximate surface area is 116 Å². The van der Waals surface area contributed by atoms with Crippen LogP contribution in [0, 0.1) is 0 Å². The molecule has 112 valence electrons. The predicted octanol–water partition coefficient (Wildman–Crippen LogP) is 0.458. The second-order valence-corrected chi connectivity index (χ2v) is 5.08. The highest BCUT2D eigenvalue weighted by Crippen LogP contribution is 2.10. The van der Waals surface area contributed by atoms with Crippen molar-refractivity contribution in [2.75, 3.05) is 6.61 Å². The lowest BCUT2D eigenvalue weighted by Gasteiger charge is -2.21. The number of esters is 2. The summed E-state index contributed by atoms with van der Waals surface area (Å²) in [6.45, 7) is 7.09. The molecule has 1 atom stereocenters. The number of hydrogen-bond acceptors (Lipinski definition) is 8. The topological polar surface area (TPSA) is 118 Å². The quantitative estimate of drug-likeness (QED) is 0.775. The van der Waals surface area contributed by atoms with E-state index >= 15 is 0 Å². The number of hydrogen-bond donors (Lipinski definition) is 1. The molecule has 0 saturated heterocycles. The van der Waals surface area contributed by atoms with Gasteiger partial charge < -0.3 is 19.7 Å². The lowest BCUT2D eigenvalue weighted by atomic mass is 10.1. The molecule has 0 aromatic carbocycles. The largest absolute Gasteiger partial charge is 0.460 e. The van der Waals surface area contributed by atoms with Crippen LogP contribution in [0.3, 0.4) is 0 Å². The van der Waals surface area contributed by atoms with E-state index in [-0.39, 0.29) is 24.7 Å². The number of ether oxygens (including phenoxy) is 2. The number of carbonyl (C=O) groups excluding carboxylic acids is 2. The normalized spacial score (nSPS) is 12.8. The Morgan fingerprint density at radius 3 is 2.60 bits per heavy atom. The Morgan fingerprint density at radius 2 is 2.05 bits per heavy atom. The Kier molecular flexibility index (Phi) is 5.20. The third kappa shape index (κ3) is 4.96. The van der Waals surface area contributed by atoms with Gasteiger partial charge in [0.15, 0.2) is 0 Å². The Bertz CT molecular complexity index is 478. The average molecular weight is 285 g/mol. The third-order valence-corrected chi connectivity index (χ3v) is 2.03. The molecule has 0 spiro atoms. The molecular formula is C12H19N3O5. The van der Waals surface area contributed by atoms with Crippen molar-refractivity contribution in [1.82, 2.24) is 10.1 Å². The van der Waals surface area contributed by atoms with Crippen LogP contribution in [0.5, 0.6) is 0 Å². The molecule has 8 nitrogen and oxygen atoms in total. The van der Waals surface area contributed by atoms with Gasteiger partial charge in [-0.3, -0.25) is 4.79 Å². The van der Waals surface area contributed by atoms with E-state index < -0.39 is 23.6 Å². The van der Waals surface area contributed by atoms with Crippen molar-refractivity contribution in [2.45, 2.75) is 45.8 Å². The van der Waals surface area contributed by atoms with Gasteiger partial charge in [0, 0.05) is 0 Å². The third-order valence-electron chi connectivity index (χ3n) is 2.03. The fourth-order valence-electron chi connectivity index (χ4n) is 1.27. The van der Waals surface area contributed by atoms with Crippen molar-refractivity contribution in [3.05, 3.63) is 11.7 Å². The summed E-state index contributed by atoms with van der Waals surface area (Å²) in [5.74, 6) is -1.38. The minimum atomic E-state index is -0.940. The smallest absolute Gasteiger partial charge is 0.379 e. The van der Waals surface area contributed by atoms with E-state index in [4.69, 9.17) is 19.7 Å². The van der Waals surface area contributed by atoms with E-state index in [2.05, 4.69) is 10.1 Å². The molecule has 8 heteroatoms. The SMILES string of the molecule is CCOC(=O)c1noc(CC(N)C(=O)OC(C)(C)C)n1. The van der Waals surface area contributed by atoms with E-state index in [0.29, 0.717) is 0 Å². The highest BCUT2D eigenvalue weighted by molar-refractivity contribution is 5.84. The first kappa shape index (κ1) is 16.1. The fourth-order valence-corrected chi connectivity index (χ4v) is 1.27. The van der Waals surface area contributed by atoms with Crippen LogP contribution >= 0.6 is 0 Å². The standard InChI is InChI=1S/C12H19N3O5/c1-5-18-11(17)9-14-8(20-15-9)6-7(13)10(16)19-12(2,3)4/h7H,5-6,13H2,1-4H3. The molecule has 0 saturated carbocycles. The van der Waals surface area contributed by atoms with Gasteiger partial charge in [0.05, 0.1) is 13.0 Å². The van der Waals surface area contributed by atoms with Crippen molar-refractivity contribution < 1.29 is 23.6 Å². The number of carbonyl (C=O) groups is 2. The second kappa shape index (κ2) is 6.47. The molecular weight excluding hydrogens is 266 g/mol. The van der Waals surface area contributed by atoms with Crippen LogP contribution in [0.25, 0.3) is 0 Å². The summed E-state index contributed by atoms with van der Waals surface area (Å²) in [4.78, 5) is 26.8. The summed E-state index contributed by atoms with van der Waals surface area (Å²) < 4.78 is 14.7. The van der Waals surface area contributed by atoms with Gasteiger partial charge in [0.1, 0.15) is 11.6 Å². The van der Waals surface area contributed by atoms with Gasteiger partial charge in [-0.25, -0.2) is 4.79 Å². The number of aromatic nitrogens is 2. The fraction of sp³-hybridized carbons (Fsp3) is 0.667. The van der Waals surface area contributed by atoms with E-state index in [1.165, 1.54) is 0 Å². The van der Waals surface area contributed by atoms with Gasteiger partial charge >= 0.3 is 11.9 Å². The molecule has 1 aromatic heterocycles. The number of nitrogens with two attached hydrogens (primary N) is 1. The average Bonchev–Trinajstić information content (AvgIpc) is 2.75. The number of nitrogens with zero attached hydrogens (tertiary/aromatic N) is 2. The van der Waals surface area contributed by atoms with Crippen LogP contribution in [0.15, 0.2) is 4.52 Å². The molecule has 1 heterocycles. The van der Waals surface area contributed by atoms with E-state index in [0.717, 1.165) is 0 Å². The van der Waals surface area contributed by atoms with Crippen molar-refractivity contribution in [1.29, 1.82) is 0 Å². The van der Waals surface area contributed by atoms with Crippen LogP contribution in [0.2, 0.25) is 0 Å². The minimum absolute atomic E-state index is 0.0126. The summed E-state index contributed by atoms with van der Waals surface area (Å²) in [6.07, 6.45) is -0.0126. The maximum absolute atomic E-state index is 11.7. The highest BCUT2D eigenvalue weighted by atomic mass is 16.6. The van der Waals surface area contributed by atoms with E-state index in [9.17, 15) is 9.59 Å². The Hall–Kier alpha value is -1.96. The first-order chi connectivity index (χ1) is 9.23. The molecule has 0 aliphatic carbocycles. The monoisotopic (exact) mass is 285 g/mol. The van der Waals surface area contributed by atoms with Crippen molar-refractivity contribution in [3.63, 3.8) is 0 Å². The van der Waals surface area contributed by atoms with Crippen molar-refractivity contribution >= 4 is 11.9 Å². The molecule has 2 N–H and O–H groups in total. The maximum Gasteiger partial charge on any atom is 0.379 e. The lowest BCUT2D eigenvalue weighted by molar-refractivity contribution is -0.156. The van der Waals surface area contributed by atoms with Gasteiger partial charge in [-0.15, -0.1) is 0 Å². The maximum atomic E-state index is 11.7. The van der Waals surface area contributed by atoms with Crippen LogP contribution in [-0.4, -0.2) is 40.3 Å². The summed E-state index contributed by atoms with van der Waals surface area (Å²) in [7, 11) is 0. The van der Waals surface area contributed by atoms with Gasteiger partial charge in [0.25, 0.3) is 5.82 Å². The van der Waals surface area contributed by atoms with Crippen LogP contribution in [-0.2, 0) is 20.7 Å². The molecule has 0 aliphatic rings. The zero-order valence-electron chi connectivity index (χ0n) is 12.0. The molecule has 1 aromatic rings. The van der Waals surface area contributed by atoms with Gasteiger partial charge in [-0.2, -0.15) is 4.98 Å². The molecule has 0 aliphatic heterocycles. The van der Waals surface area contributed by atoms with E-state index in [1.807, 2.05) is 0 Å². The predicted molar refractivity (Wildman–Crippen MR) is 67.8 cm³/mol. The molecule has 20 heavy (non-hydrogen) atoms. The van der Waals surface area contributed by atoms with Gasteiger partial charge in [-0.1, -0.05) is 0 Å². The second-order valence-electron chi connectivity index (χ2n) is 5.08. The number of rotatable bonds is 5. The molecule has 0 radical (unpaired) electrons. The molecule has 0 amide bonds. The highest BCUT2D eigenvalue weighted by Gasteiger charge is 2.25. The van der Waals surface area contributed by atoms with Gasteiger partial charge in [-0.05, 0) is 32.9 Å². The van der Waals surface area contributed by atoms with E-state index in [1.54, 1.807) is 27.7 Å². The van der Waals surface area contributed by atoms with Crippen LogP contribution in [0.4, 0.5) is 0 Å².